The van der Waals surface area contributed by atoms with Gasteiger partial charge in [-0.3, -0.25) is 4.79 Å². The Balaban J connectivity index is 1.65. The zero-order chi connectivity index (χ0) is 22.0. The zero-order valence-corrected chi connectivity index (χ0v) is 17.2. The summed E-state index contributed by atoms with van der Waals surface area (Å²) in [7, 11) is 1.55. The first-order valence-electron chi connectivity index (χ1n) is 9.59. The fourth-order valence-corrected chi connectivity index (χ4v) is 3.29. The molecule has 1 N–H and O–H groups in total. The minimum absolute atomic E-state index is 0.310. The van der Waals surface area contributed by atoms with E-state index < -0.39 is 0 Å². The number of hydrogen-bond acceptors (Lipinski definition) is 6. The molecule has 0 saturated carbocycles. The van der Waals surface area contributed by atoms with Crippen molar-refractivity contribution in [2.45, 2.75) is 20.3 Å². The highest BCUT2D eigenvalue weighted by Gasteiger charge is 2.19. The van der Waals surface area contributed by atoms with Crippen LogP contribution < -0.4 is 10.1 Å². The van der Waals surface area contributed by atoms with E-state index >= 15 is 0 Å². The van der Waals surface area contributed by atoms with Gasteiger partial charge in [-0.1, -0.05) is 6.92 Å². The summed E-state index contributed by atoms with van der Waals surface area (Å²) in [6.07, 6.45) is 2.07. The summed E-state index contributed by atoms with van der Waals surface area (Å²) in [5, 5.41) is 18.7. The summed E-state index contributed by atoms with van der Waals surface area (Å²) in [5.41, 5.74) is 2.97. The Kier molecular flexibility index (Phi) is 5.44. The van der Waals surface area contributed by atoms with Crippen LogP contribution in [-0.4, -0.2) is 43.0 Å². The van der Waals surface area contributed by atoms with E-state index in [0.717, 1.165) is 0 Å². The number of aryl methyl sites for hydroxylation is 1. The molecule has 31 heavy (non-hydrogen) atoms. The first-order valence-corrected chi connectivity index (χ1v) is 9.59. The second-order valence-electron chi connectivity index (χ2n) is 6.73. The van der Waals surface area contributed by atoms with E-state index in [9.17, 15) is 9.18 Å². The molecular formula is C21H20FN7O2. The van der Waals surface area contributed by atoms with E-state index in [1.54, 1.807) is 49.0 Å². The number of halogens is 1. The highest BCUT2D eigenvalue weighted by atomic mass is 19.1. The van der Waals surface area contributed by atoms with Crippen molar-refractivity contribution in [1.29, 1.82) is 0 Å². The van der Waals surface area contributed by atoms with Gasteiger partial charge in [0.05, 0.1) is 30.3 Å². The summed E-state index contributed by atoms with van der Waals surface area (Å²) in [6, 6.07) is 11.1. The van der Waals surface area contributed by atoms with Gasteiger partial charge in [-0.15, -0.1) is 5.10 Å². The predicted octanol–water partition coefficient (Wildman–Crippen LogP) is 3.12. The number of methoxy groups -OCH3 is 1. The second-order valence-corrected chi connectivity index (χ2v) is 6.73. The Morgan fingerprint density at radius 2 is 1.94 bits per heavy atom. The number of carbonyl (C=O) groups is 1. The van der Waals surface area contributed by atoms with Crippen LogP contribution in [0.4, 0.5) is 10.1 Å². The number of aromatic nitrogens is 6. The molecule has 0 bridgehead atoms. The molecule has 4 rings (SSSR count). The van der Waals surface area contributed by atoms with Crippen LogP contribution in [0.1, 0.15) is 28.8 Å². The van der Waals surface area contributed by atoms with Crippen LogP contribution in [0.5, 0.6) is 5.75 Å². The van der Waals surface area contributed by atoms with Crippen molar-refractivity contribution in [1.82, 2.24) is 30.0 Å². The lowest BCUT2D eigenvalue weighted by Gasteiger charge is -2.12. The molecule has 0 aliphatic rings. The van der Waals surface area contributed by atoms with E-state index in [0.29, 0.717) is 46.3 Å². The number of amides is 1. The van der Waals surface area contributed by atoms with Crippen LogP contribution in [0.3, 0.4) is 0 Å². The summed E-state index contributed by atoms with van der Waals surface area (Å²) < 4.78 is 21.8. The Labute approximate surface area is 177 Å². The van der Waals surface area contributed by atoms with Crippen LogP contribution in [0.2, 0.25) is 0 Å². The van der Waals surface area contributed by atoms with Crippen molar-refractivity contribution in [3.8, 4) is 17.1 Å². The molecule has 9 nitrogen and oxygen atoms in total. The molecule has 4 aromatic rings. The number of ether oxygens (including phenoxy) is 1. The van der Waals surface area contributed by atoms with Gasteiger partial charge in [-0.2, -0.15) is 9.78 Å². The molecule has 0 fully saturated rings. The highest BCUT2D eigenvalue weighted by Crippen LogP contribution is 2.27. The smallest absolute Gasteiger partial charge is 0.259 e. The maximum Gasteiger partial charge on any atom is 0.259 e. The molecule has 2 heterocycles. The third-order valence-electron chi connectivity index (χ3n) is 4.81. The third-order valence-corrected chi connectivity index (χ3v) is 4.81. The lowest BCUT2D eigenvalue weighted by atomic mass is 10.1. The molecule has 0 saturated heterocycles. The minimum Gasteiger partial charge on any atom is -0.494 e. The summed E-state index contributed by atoms with van der Waals surface area (Å²) in [5.74, 6) is 0.497. The molecule has 2 aromatic carbocycles. The lowest BCUT2D eigenvalue weighted by Crippen LogP contribution is -2.15. The average Bonchev–Trinajstić information content (AvgIpc) is 3.40. The zero-order valence-electron chi connectivity index (χ0n) is 17.2. The van der Waals surface area contributed by atoms with Crippen molar-refractivity contribution in [3.05, 3.63) is 71.6 Å². The van der Waals surface area contributed by atoms with E-state index in [1.807, 2.05) is 6.92 Å². The van der Waals surface area contributed by atoms with Crippen LogP contribution in [0.15, 0.2) is 48.7 Å². The SMILES string of the molecule is CCc1c(C(=O)Nc2ccc(OC)c(-n3nnnc3C)c2)cnn1-c1ccc(F)cc1. The van der Waals surface area contributed by atoms with Gasteiger partial charge in [-0.05, 0) is 66.2 Å². The molecule has 0 atom stereocenters. The Bertz CT molecular complexity index is 1230. The molecule has 0 aliphatic heterocycles. The standard InChI is InChI=1S/C21H20FN7O2/c1-4-18-17(12-23-29(18)16-8-5-14(22)6-9-16)21(30)24-15-7-10-20(31-3)19(11-15)28-13(2)25-26-27-28/h5-12H,4H2,1-3H3,(H,24,30). The first-order chi connectivity index (χ1) is 15.0. The number of carbonyl (C=O) groups excluding carboxylic acids is 1. The molecule has 158 valence electrons. The van der Waals surface area contributed by atoms with Gasteiger partial charge in [0.15, 0.2) is 5.82 Å². The quantitative estimate of drug-likeness (QED) is 0.514. The summed E-state index contributed by atoms with van der Waals surface area (Å²) >= 11 is 0. The minimum atomic E-state index is -0.333. The van der Waals surface area contributed by atoms with Crippen molar-refractivity contribution in [2.24, 2.45) is 0 Å². The molecule has 10 heteroatoms. The van der Waals surface area contributed by atoms with Crippen molar-refractivity contribution in [2.75, 3.05) is 12.4 Å². The monoisotopic (exact) mass is 421 g/mol. The van der Waals surface area contributed by atoms with E-state index in [-0.39, 0.29) is 11.7 Å². The molecule has 2 aromatic heterocycles. The lowest BCUT2D eigenvalue weighted by molar-refractivity contribution is 0.102. The second kappa shape index (κ2) is 8.34. The Morgan fingerprint density at radius 1 is 1.16 bits per heavy atom. The van der Waals surface area contributed by atoms with E-state index in [4.69, 9.17) is 4.74 Å². The average molecular weight is 421 g/mol. The summed E-state index contributed by atoms with van der Waals surface area (Å²) in [6.45, 7) is 3.70. The molecule has 1 amide bonds. The fraction of sp³-hybridized carbons (Fsp3) is 0.190. The Morgan fingerprint density at radius 3 is 2.58 bits per heavy atom. The van der Waals surface area contributed by atoms with Gasteiger partial charge in [0, 0.05) is 5.69 Å². The molecule has 0 unspecified atom stereocenters. The molecule has 0 aliphatic carbocycles. The maximum absolute atomic E-state index is 13.3. The number of tetrazole rings is 1. The number of rotatable bonds is 6. The fourth-order valence-electron chi connectivity index (χ4n) is 3.29. The summed E-state index contributed by atoms with van der Waals surface area (Å²) in [4.78, 5) is 13.0. The number of hydrogen-bond donors (Lipinski definition) is 1. The number of benzene rings is 2. The van der Waals surface area contributed by atoms with Gasteiger partial charge in [0.25, 0.3) is 5.91 Å². The van der Waals surface area contributed by atoms with Crippen LogP contribution in [0.25, 0.3) is 11.4 Å². The van der Waals surface area contributed by atoms with Gasteiger partial charge in [-0.25, -0.2) is 9.07 Å². The Hall–Kier alpha value is -4.08. The first kappa shape index (κ1) is 20.2. The third kappa shape index (κ3) is 3.87. The number of anilines is 1. The van der Waals surface area contributed by atoms with Gasteiger partial charge in [0.1, 0.15) is 17.3 Å². The van der Waals surface area contributed by atoms with Crippen LogP contribution in [0, 0.1) is 12.7 Å². The van der Waals surface area contributed by atoms with Crippen molar-refractivity contribution in [3.63, 3.8) is 0 Å². The van der Waals surface area contributed by atoms with E-state index in [2.05, 4.69) is 25.9 Å². The normalized spacial score (nSPS) is 10.8. The van der Waals surface area contributed by atoms with Crippen LogP contribution >= 0.6 is 0 Å². The maximum atomic E-state index is 13.3. The van der Waals surface area contributed by atoms with E-state index in [1.165, 1.54) is 23.0 Å². The number of nitrogens with one attached hydrogen (secondary N) is 1. The highest BCUT2D eigenvalue weighted by molar-refractivity contribution is 6.05. The number of nitrogens with zero attached hydrogens (tertiary/aromatic N) is 6. The van der Waals surface area contributed by atoms with Gasteiger partial charge >= 0.3 is 0 Å². The van der Waals surface area contributed by atoms with Crippen molar-refractivity contribution < 1.29 is 13.9 Å². The topological polar surface area (TPSA) is 99.8 Å². The van der Waals surface area contributed by atoms with Gasteiger partial charge in [0.2, 0.25) is 0 Å². The molecular weight excluding hydrogens is 401 g/mol. The van der Waals surface area contributed by atoms with Crippen molar-refractivity contribution >= 4 is 11.6 Å². The van der Waals surface area contributed by atoms with Gasteiger partial charge < -0.3 is 10.1 Å². The predicted molar refractivity (Wildman–Crippen MR) is 111 cm³/mol. The van der Waals surface area contributed by atoms with Crippen LogP contribution in [-0.2, 0) is 6.42 Å². The largest absolute Gasteiger partial charge is 0.494 e. The molecule has 0 radical (unpaired) electrons. The molecule has 0 spiro atoms.